The van der Waals surface area contributed by atoms with Gasteiger partial charge in [0.1, 0.15) is 13.3 Å². The lowest BCUT2D eigenvalue weighted by Crippen LogP contribution is -2.34. The van der Waals surface area contributed by atoms with Crippen LogP contribution in [0, 0.1) is 0 Å². The van der Waals surface area contributed by atoms with Crippen molar-refractivity contribution in [2.24, 2.45) is 20.0 Å². The smallest absolute Gasteiger partial charge is 0.130 e. The number of hydrogen-bond donors (Lipinski definition) is 0. The van der Waals surface area contributed by atoms with Crippen molar-refractivity contribution >= 4 is 10.8 Å². The van der Waals surface area contributed by atoms with Crippen molar-refractivity contribution in [1.29, 1.82) is 0 Å². The molecule has 4 nitrogen and oxygen atoms in total. The number of fused-ring (bicyclic) bond motifs is 5. The van der Waals surface area contributed by atoms with Crippen LogP contribution < -0.4 is 21.4 Å². The van der Waals surface area contributed by atoms with Crippen molar-refractivity contribution in [2.45, 2.75) is 39.5 Å². The predicted molar refractivity (Wildman–Crippen MR) is 86.5 cm³/mol. The van der Waals surface area contributed by atoms with E-state index in [1.54, 1.807) is 0 Å². The highest BCUT2D eigenvalue weighted by atomic mass is 15.0. The van der Waals surface area contributed by atoms with Crippen molar-refractivity contribution in [1.82, 2.24) is 0 Å². The van der Waals surface area contributed by atoms with Gasteiger partial charge in [-0.15, -0.1) is 0 Å². The molecule has 4 rings (SSSR count). The summed E-state index contributed by atoms with van der Waals surface area (Å²) in [5.41, 5.74) is 2.54. The van der Waals surface area contributed by atoms with Crippen molar-refractivity contribution in [3.63, 3.8) is 0 Å². The Bertz CT molecular complexity index is 945. The maximum Gasteiger partial charge on any atom is 0.130 e. The summed E-state index contributed by atoms with van der Waals surface area (Å²) in [7, 11) is 0. The Morgan fingerprint density at radius 1 is 0.636 bits per heavy atom. The molecule has 0 bridgehead atoms. The van der Waals surface area contributed by atoms with E-state index in [9.17, 15) is 0 Å². The average Bonchev–Trinajstić information content (AvgIpc) is 3.13. The molecule has 0 aromatic heterocycles. The Morgan fingerprint density at radius 2 is 1.00 bits per heavy atom. The lowest BCUT2D eigenvalue weighted by molar-refractivity contribution is 0.845. The molecule has 0 fully saturated rings. The van der Waals surface area contributed by atoms with Crippen LogP contribution in [0.25, 0.3) is 10.8 Å². The van der Waals surface area contributed by atoms with E-state index in [1.165, 1.54) is 21.9 Å². The highest BCUT2D eigenvalue weighted by Gasteiger charge is 2.17. The van der Waals surface area contributed by atoms with E-state index in [-0.39, 0.29) is 0 Å². The molecule has 0 unspecified atom stereocenters. The summed E-state index contributed by atoms with van der Waals surface area (Å²) < 4.78 is 0. The minimum atomic E-state index is 0.425. The minimum Gasteiger partial charge on any atom is -0.259 e. The van der Waals surface area contributed by atoms with Gasteiger partial charge in [0.15, 0.2) is 0 Å². The molecule has 0 amide bonds. The van der Waals surface area contributed by atoms with Crippen LogP contribution in [0.2, 0.25) is 0 Å². The second kappa shape index (κ2) is 4.70. The first-order chi connectivity index (χ1) is 10.6. The summed E-state index contributed by atoms with van der Waals surface area (Å²) >= 11 is 0. The molecule has 0 saturated heterocycles. The SMILES string of the molecule is CC(C)c1cc2c3c(c(C(C)C)cc2c2c1=NCN=2)=NCN=3. The highest BCUT2D eigenvalue weighted by molar-refractivity contribution is 5.83. The van der Waals surface area contributed by atoms with E-state index in [1.807, 2.05) is 0 Å². The number of benzene rings is 2. The topological polar surface area (TPSA) is 49.4 Å². The van der Waals surface area contributed by atoms with E-state index in [4.69, 9.17) is 0 Å². The summed E-state index contributed by atoms with van der Waals surface area (Å²) in [5.74, 6) is 0.850. The fourth-order valence-electron chi connectivity index (χ4n) is 3.41. The molecule has 0 radical (unpaired) electrons. The van der Waals surface area contributed by atoms with E-state index in [2.05, 4.69) is 59.8 Å². The standard InChI is InChI=1S/C18H20N4/c1-9(2)11-5-13-14(17-15(11)19-7-21-17)6-12(10(3)4)16-18(13)22-8-20-16/h5-6,9-10H,7-8H2,1-4H3. The van der Waals surface area contributed by atoms with Crippen molar-refractivity contribution < 1.29 is 0 Å². The Labute approximate surface area is 129 Å². The Balaban J connectivity index is 2.28. The Hall–Kier alpha value is -2.10. The van der Waals surface area contributed by atoms with Crippen LogP contribution in [-0.4, -0.2) is 13.3 Å². The first-order valence-electron chi connectivity index (χ1n) is 7.95. The molecule has 22 heavy (non-hydrogen) atoms. The quantitative estimate of drug-likeness (QED) is 0.805. The van der Waals surface area contributed by atoms with Crippen molar-refractivity contribution in [2.75, 3.05) is 13.3 Å². The van der Waals surface area contributed by atoms with Crippen LogP contribution in [0.15, 0.2) is 32.1 Å². The van der Waals surface area contributed by atoms with Crippen LogP contribution in [0.5, 0.6) is 0 Å². The van der Waals surface area contributed by atoms with E-state index in [0.29, 0.717) is 25.2 Å². The maximum absolute atomic E-state index is 4.66. The number of rotatable bonds is 2. The molecule has 0 N–H and O–H groups in total. The fourth-order valence-corrected chi connectivity index (χ4v) is 3.41. The van der Waals surface area contributed by atoms with Gasteiger partial charge in [0, 0.05) is 10.8 Å². The van der Waals surface area contributed by atoms with Gasteiger partial charge in [-0.25, -0.2) is 0 Å². The largest absolute Gasteiger partial charge is 0.259 e. The van der Waals surface area contributed by atoms with Gasteiger partial charge in [-0.1, -0.05) is 27.7 Å². The first-order valence-corrected chi connectivity index (χ1v) is 7.95. The zero-order valence-electron chi connectivity index (χ0n) is 13.5. The lowest BCUT2D eigenvalue weighted by Gasteiger charge is -2.11. The van der Waals surface area contributed by atoms with Gasteiger partial charge < -0.3 is 0 Å². The molecule has 2 aliphatic rings. The van der Waals surface area contributed by atoms with Crippen LogP contribution in [-0.2, 0) is 0 Å². The third kappa shape index (κ3) is 1.76. The molecule has 2 aromatic carbocycles. The summed E-state index contributed by atoms with van der Waals surface area (Å²) in [5, 5.41) is 6.62. The van der Waals surface area contributed by atoms with E-state index < -0.39 is 0 Å². The highest BCUT2D eigenvalue weighted by Crippen LogP contribution is 2.17. The summed E-state index contributed by atoms with van der Waals surface area (Å²) in [6, 6.07) is 4.52. The zero-order valence-corrected chi connectivity index (χ0v) is 13.5. The second-order valence-corrected chi connectivity index (χ2v) is 6.65. The van der Waals surface area contributed by atoms with Crippen molar-refractivity contribution in [3.05, 3.63) is 44.7 Å². The molecule has 4 heteroatoms. The molecule has 0 spiro atoms. The van der Waals surface area contributed by atoms with Gasteiger partial charge in [-0.2, -0.15) is 0 Å². The van der Waals surface area contributed by atoms with E-state index in [0.717, 1.165) is 21.4 Å². The summed E-state index contributed by atoms with van der Waals surface area (Å²) in [6.07, 6.45) is 0. The van der Waals surface area contributed by atoms with E-state index >= 15 is 0 Å². The normalized spacial score (nSPS) is 15.4. The number of nitrogens with zero attached hydrogens (tertiary/aromatic N) is 4. The second-order valence-electron chi connectivity index (χ2n) is 6.65. The first kappa shape index (κ1) is 13.6. The predicted octanol–water partition coefficient (Wildman–Crippen LogP) is 1.51. The lowest BCUT2D eigenvalue weighted by atomic mass is 9.93. The molecule has 0 saturated carbocycles. The zero-order chi connectivity index (χ0) is 15.4. The van der Waals surface area contributed by atoms with Crippen LogP contribution in [0.1, 0.15) is 50.7 Å². The summed E-state index contributed by atoms with van der Waals surface area (Å²) in [4.78, 5) is 18.6. The maximum atomic E-state index is 4.66. The molecule has 0 atom stereocenters. The Kier molecular flexibility index (Phi) is 2.90. The molecule has 112 valence electrons. The number of hydrogen-bond acceptors (Lipinski definition) is 4. The molecule has 0 aliphatic carbocycles. The molecule has 2 aromatic rings. The van der Waals surface area contributed by atoms with Crippen LogP contribution >= 0.6 is 0 Å². The third-order valence-corrected chi connectivity index (χ3v) is 4.55. The monoisotopic (exact) mass is 292 g/mol. The average molecular weight is 292 g/mol. The molecule has 2 heterocycles. The van der Waals surface area contributed by atoms with Gasteiger partial charge >= 0.3 is 0 Å². The summed E-state index contributed by atoms with van der Waals surface area (Å²) in [6.45, 7) is 9.92. The third-order valence-electron chi connectivity index (χ3n) is 4.55. The van der Waals surface area contributed by atoms with Gasteiger partial charge in [0.25, 0.3) is 0 Å². The van der Waals surface area contributed by atoms with Crippen LogP contribution in [0.4, 0.5) is 0 Å². The van der Waals surface area contributed by atoms with Gasteiger partial charge in [-0.05, 0) is 35.1 Å². The van der Waals surface area contributed by atoms with Crippen LogP contribution in [0.3, 0.4) is 0 Å². The Morgan fingerprint density at radius 3 is 1.36 bits per heavy atom. The van der Waals surface area contributed by atoms with Gasteiger partial charge in [0.2, 0.25) is 0 Å². The molecular weight excluding hydrogens is 272 g/mol. The van der Waals surface area contributed by atoms with Gasteiger partial charge in [-0.3, -0.25) is 20.0 Å². The molecule has 2 aliphatic heterocycles. The van der Waals surface area contributed by atoms with Crippen molar-refractivity contribution in [3.8, 4) is 0 Å². The minimum absolute atomic E-state index is 0.425. The fraction of sp³-hybridized carbons (Fsp3) is 0.444. The van der Waals surface area contributed by atoms with Gasteiger partial charge in [0.05, 0.1) is 21.4 Å². The molecular formula is C18H20N4.